The molecule has 4 aromatic rings. The van der Waals surface area contributed by atoms with Crippen LogP contribution in [0.4, 0.5) is 5.69 Å². The summed E-state index contributed by atoms with van der Waals surface area (Å²) in [6, 6.07) is 27.1. The molecule has 6 heteroatoms. The smallest absolute Gasteiger partial charge is 0.160 e. The summed E-state index contributed by atoms with van der Waals surface area (Å²) in [5.74, 6) is -0.0532. The van der Waals surface area contributed by atoms with Gasteiger partial charge in [0.15, 0.2) is 11.5 Å². The molecule has 1 atom stereocenters. The number of dihydropyridines is 1. The molecule has 1 saturated heterocycles. The van der Waals surface area contributed by atoms with Crippen LogP contribution in [0.3, 0.4) is 0 Å². The van der Waals surface area contributed by atoms with Crippen molar-refractivity contribution in [2.24, 2.45) is 0 Å². The van der Waals surface area contributed by atoms with Gasteiger partial charge in [-0.15, -0.1) is 11.8 Å². The molecule has 2 heterocycles. The molecule has 0 saturated carbocycles. The molecule has 2 aliphatic rings. The molecule has 0 amide bonds. The summed E-state index contributed by atoms with van der Waals surface area (Å²) in [4.78, 5) is 6.53. The maximum atomic E-state index is 10.5. The topological polar surface area (TPSA) is 59.0 Å². The van der Waals surface area contributed by atoms with Crippen LogP contribution < -0.4 is 10.2 Å². The number of benzene rings is 4. The second-order valence-electron chi connectivity index (χ2n) is 15.6. The van der Waals surface area contributed by atoms with E-state index in [1.807, 2.05) is 6.07 Å². The normalized spacial score (nSPS) is 16.2. The minimum atomic E-state index is -0.0526. The molecule has 0 aromatic heterocycles. The lowest BCUT2D eigenvalue weighted by molar-refractivity contribution is 0.224. The zero-order valence-electron chi connectivity index (χ0n) is 33.9. The Labute approximate surface area is 335 Å². The summed E-state index contributed by atoms with van der Waals surface area (Å²) < 4.78 is 0. The number of phenols is 2. The molecule has 5 nitrogen and oxygen atoms in total. The number of hydrogen-bond donors (Lipinski definition) is 3. The first-order chi connectivity index (χ1) is 26.8. The van der Waals surface area contributed by atoms with Crippen molar-refractivity contribution < 1.29 is 10.2 Å². The van der Waals surface area contributed by atoms with E-state index in [2.05, 4.69) is 128 Å². The van der Waals surface area contributed by atoms with Gasteiger partial charge in [-0.05, 0) is 150 Å². The third kappa shape index (κ3) is 10.2. The number of rotatable bonds is 17. The van der Waals surface area contributed by atoms with Gasteiger partial charge >= 0.3 is 0 Å². The van der Waals surface area contributed by atoms with Crippen LogP contribution in [0, 0.1) is 0 Å². The lowest BCUT2D eigenvalue weighted by Gasteiger charge is -2.40. The number of aryl methyl sites for hydroxylation is 3. The highest BCUT2D eigenvalue weighted by atomic mass is 32.2. The first-order valence-corrected chi connectivity index (χ1v) is 22.1. The Morgan fingerprint density at radius 3 is 2.09 bits per heavy atom. The highest BCUT2D eigenvalue weighted by Crippen LogP contribution is 2.37. The fourth-order valence-corrected chi connectivity index (χ4v) is 9.05. The maximum absolute atomic E-state index is 10.5. The van der Waals surface area contributed by atoms with Gasteiger partial charge in [-0.2, -0.15) is 0 Å². The third-order valence-corrected chi connectivity index (χ3v) is 12.2. The largest absolute Gasteiger partial charge is 0.504 e. The van der Waals surface area contributed by atoms with Gasteiger partial charge in [0.05, 0.1) is 6.04 Å². The van der Waals surface area contributed by atoms with Crippen LogP contribution in [-0.4, -0.2) is 47.0 Å². The van der Waals surface area contributed by atoms with Crippen LogP contribution in [0.25, 0.3) is 11.1 Å². The highest BCUT2D eigenvalue weighted by molar-refractivity contribution is 7.98. The van der Waals surface area contributed by atoms with E-state index in [0.717, 1.165) is 81.4 Å². The Morgan fingerprint density at radius 2 is 1.44 bits per heavy atom. The summed E-state index contributed by atoms with van der Waals surface area (Å²) in [6.07, 6.45) is 19.9. The lowest BCUT2D eigenvalue weighted by atomic mass is 9.87. The van der Waals surface area contributed by atoms with Gasteiger partial charge in [-0.25, -0.2) is 0 Å². The Hall–Kier alpha value is -4.13. The summed E-state index contributed by atoms with van der Waals surface area (Å²) in [7, 11) is 0. The zero-order valence-corrected chi connectivity index (χ0v) is 34.7. The number of piperidine rings is 1. The summed E-state index contributed by atoms with van der Waals surface area (Å²) in [5.41, 5.74) is 12.8. The fraction of sp³-hybridized carbons (Fsp3) is 0.429. The van der Waals surface area contributed by atoms with Gasteiger partial charge < -0.3 is 20.4 Å². The Kier molecular flexibility index (Phi) is 14.5. The number of thioether (sulfide) groups is 1. The molecule has 1 unspecified atom stereocenters. The van der Waals surface area contributed by atoms with Crippen LogP contribution in [0.1, 0.15) is 106 Å². The average molecular weight is 758 g/mol. The number of phenolic OH excluding ortho intramolecular Hbond substituents is 2. The second kappa shape index (κ2) is 19.6. The number of hydrogen-bond acceptors (Lipinski definition) is 6. The maximum Gasteiger partial charge on any atom is 0.160 e. The van der Waals surface area contributed by atoms with Gasteiger partial charge in [-0.1, -0.05) is 89.8 Å². The first-order valence-electron chi connectivity index (χ1n) is 20.9. The minimum Gasteiger partial charge on any atom is -0.504 e. The monoisotopic (exact) mass is 757 g/mol. The van der Waals surface area contributed by atoms with E-state index < -0.39 is 0 Å². The van der Waals surface area contributed by atoms with Crippen LogP contribution in [0.15, 0.2) is 102 Å². The van der Waals surface area contributed by atoms with Gasteiger partial charge in [0.1, 0.15) is 0 Å². The molecule has 0 aliphatic carbocycles. The summed E-state index contributed by atoms with van der Waals surface area (Å²) in [5, 5.41) is 24.7. The van der Waals surface area contributed by atoms with Crippen LogP contribution in [-0.2, 0) is 32.2 Å². The molecular formula is C49H63N3O2S. The third-order valence-electron chi connectivity index (χ3n) is 11.4. The number of likely N-dealkylation sites (tertiary alicyclic amines) is 1. The standard InChI is InChI=1S/C49H63N3O2S/c1-6-11-38-29-42(30-39(12-7-2)46(38)14-9-4)47-28-36(21-24-50-47)33-51-25-22-44(23-26-51)52(43-17-19-45(55-5)20-18-43)34-35-15-10-16-37(27-35)41-31-40(13-8-3)49(54)48(53)32-41/h10,15-21,24,27-32,44,47,50,53-54H,6-9,11-14,22-23,25-26,33-34H2,1-5H3. The number of nitrogens with one attached hydrogen (secondary N) is 1. The second-order valence-corrected chi connectivity index (χ2v) is 16.5. The molecular weight excluding hydrogens is 695 g/mol. The van der Waals surface area contributed by atoms with Crippen molar-refractivity contribution in [1.29, 1.82) is 0 Å². The van der Waals surface area contributed by atoms with Gasteiger partial charge in [0, 0.05) is 42.8 Å². The average Bonchev–Trinajstić information content (AvgIpc) is 3.20. The van der Waals surface area contributed by atoms with Crippen molar-refractivity contribution in [2.45, 2.75) is 115 Å². The van der Waals surface area contributed by atoms with E-state index in [1.165, 1.54) is 53.0 Å². The van der Waals surface area contributed by atoms with Gasteiger partial charge in [0.2, 0.25) is 0 Å². The summed E-state index contributed by atoms with van der Waals surface area (Å²) >= 11 is 1.78. The predicted molar refractivity (Wildman–Crippen MR) is 235 cm³/mol. The number of aromatic hydroxyl groups is 2. The SMILES string of the molecule is CCCc1cc(-c2cccc(CN(c3ccc(SC)cc3)C3CCN(CC4=CC(c5cc(CCC)c(CCC)c(CCC)c5)NC=C4)CC3)c2)cc(O)c1O. The zero-order chi connectivity index (χ0) is 38.7. The van der Waals surface area contributed by atoms with Crippen molar-refractivity contribution >= 4 is 17.4 Å². The van der Waals surface area contributed by atoms with Crippen molar-refractivity contribution in [2.75, 3.05) is 30.8 Å². The minimum absolute atomic E-state index is 0.000609. The highest BCUT2D eigenvalue weighted by Gasteiger charge is 2.26. The number of nitrogens with zero attached hydrogens (tertiary/aromatic N) is 2. The van der Waals surface area contributed by atoms with E-state index >= 15 is 0 Å². The van der Waals surface area contributed by atoms with E-state index in [1.54, 1.807) is 34.5 Å². The molecule has 0 radical (unpaired) electrons. The molecule has 6 rings (SSSR count). The quantitative estimate of drug-likeness (QED) is 0.0737. The van der Waals surface area contributed by atoms with Gasteiger partial charge in [-0.3, -0.25) is 4.90 Å². The van der Waals surface area contributed by atoms with Crippen molar-refractivity contribution in [3.05, 3.63) is 130 Å². The van der Waals surface area contributed by atoms with Crippen LogP contribution >= 0.6 is 11.8 Å². The molecule has 2 aliphatic heterocycles. The van der Waals surface area contributed by atoms with E-state index in [9.17, 15) is 10.2 Å². The van der Waals surface area contributed by atoms with Crippen LogP contribution in [0.5, 0.6) is 11.5 Å². The molecule has 1 fully saturated rings. The van der Waals surface area contributed by atoms with Crippen LogP contribution in [0.2, 0.25) is 0 Å². The van der Waals surface area contributed by atoms with Crippen molar-refractivity contribution in [3.8, 4) is 22.6 Å². The van der Waals surface area contributed by atoms with E-state index in [0.29, 0.717) is 6.04 Å². The lowest BCUT2D eigenvalue weighted by Crippen LogP contribution is -2.45. The fourth-order valence-electron chi connectivity index (χ4n) is 8.64. The molecule has 0 bridgehead atoms. The molecule has 55 heavy (non-hydrogen) atoms. The predicted octanol–water partition coefficient (Wildman–Crippen LogP) is 11.6. The molecule has 292 valence electrons. The Morgan fingerprint density at radius 1 is 0.764 bits per heavy atom. The van der Waals surface area contributed by atoms with Crippen molar-refractivity contribution in [3.63, 3.8) is 0 Å². The molecule has 0 spiro atoms. The van der Waals surface area contributed by atoms with Crippen molar-refractivity contribution in [1.82, 2.24) is 10.2 Å². The Bertz CT molecular complexity index is 1900. The molecule has 4 aromatic carbocycles. The first kappa shape index (κ1) is 40.5. The molecule has 3 N–H and O–H groups in total. The van der Waals surface area contributed by atoms with Gasteiger partial charge in [0.25, 0.3) is 0 Å². The van der Waals surface area contributed by atoms with E-state index in [4.69, 9.17) is 0 Å². The summed E-state index contributed by atoms with van der Waals surface area (Å²) in [6.45, 7) is 12.9. The van der Waals surface area contributed by atoms with E-state index in [-0.39, 0.29) is 17.5 Å². The number of anilines is 1. The Balaban J connectivity index is 1.17.